The lowest BCUT2D eigenvalue weighted by Gasteiger charge is -2.11. The topological polar surface area (TPSA) is 56.3 Å². The van der Waals surface area contributed by atoms with Crippen LogP contribution in [0.25, 0.3) is 21.3 Å². The van der Waals surface area contributed by atoms with Gasteiger partial charge in [-0.2, -0.15) is 0 Å². The molecule has 4 rings (SSSR count). The van der Waals surface area contributed by atoms with Gasteiger partial charge in [-0.25, -0.2) is 9.97 Å². The summed E-state index contributed by atoms with van der Waals surface area (Å²) >= 11 is 1.63. The minimum absolute atomic E-state index is 0.746. The van der Waals surface area contributed by atoms with Gasteiger partial charge in [-0.1, -0.05) is 38.3 Å². The molecule has 6 heteroatoms. The summed E-state index contributed by atoms with van der Waals surface area (Å²) in [6.07, 6.45) is 4.81. The number of anilines is 2. The second kappa shape index (κ2) is 10.5. The minimum atomic E-state index is 0.746. The van der Waals surface area contributed by atoms with E-state index in [1.165, 1.54) is 19.3 Å². The molecular weight excluding hydrogens is 418 g/mol. The molecule has 0 fully saturated rings. The zero-order chi connectivity index (χ0) is 22.3. The van der Waals surface area contributed by atoms with Crippen molar-refractivity contribution in [2.24, 2.45) is 0 Å². The molecule has 2 heterocycles. The third-order valence-corrected chi connectivity index (χ3v) is 6.20. The Bertz CT molecular complexity index is 1150. The number of hydrogen-bond donors (Lipinski definition) is 1. The molecule has 0 spiro atoms. The molecular formula is C26H29N3O2S. The monoisotopic (exact) mass is 447 g/mol. The van der Waals surface area contributed by atoms with Crippen LogP contribution in [0.4, 0.5) is 11.5 Å². The van der Waals surface area contributed by atoms with E-state index < -0.39 is 0 Å². The number of nitrogens with one attached hydrogen (secondary N) is 1. The van der Waals surface area contributed by atoms with Gasteiger partial charge in [-0.05, 0) is 55.3 Å². The maximum atomic E-state index is 5.87. The Morgan fingerprint density at radius 1 is 0.906 bits per heavy atom. The molecule has 1 N–H and O–H groups in total. The van der Waals surface area contributed by atoms with E-state index >= 15 is 0 Å². The number of fused-ring (bicyclic) bond motifs is 1. The Morgan fingerprint density at radius 3 is 2.38 bits per heavy atom. The molecule has 32 heavy (non-hydrogen) atoms. The highest BCUT2D eigenvalue weighted by Crippen LogP contribution is 2.38. The fourth-order valence-electron chi connectivity index (χ4n) is 3.61. The summed E-state index contributed by atoms with van der Waals surface area (Å²) in [5, 5.41) is 6.66. The summed E-state index contributed by atoms with van der Waals surface area (Å²) in [5.41, 5.74) is 3.19. The maximum Gasteiger partial charge on any atom is 0.143 e. The molecule has 0 amide bonds. The number of aryl methyl sites for hydroxylation is 1. The number of rotatable bonds is 10. The predicted octanol–water partition coefficient (Wildman–Crippen LogP) is 7.38. The first kappa shape index (κ1) is 22.1. The average molecular weight is 448 g/mol. The third-order valence-electron chi connectivity index (χ3n) is 5.33. The van der Waals surface area contributed by atoms with Crippen LogP contribution < -0.4 is 14.8 Å². The van der Waals surface area contributed by atoms with Crippen LogP contribution in [0, 0.1) is 6.92 Å². The van der Waals surface area contributed by atoms with Crippen LogP contribution in [-0.2, 0) is 0 Å². The number of methoxy groups -OCH3 is 1. The van der Waals surface area contributed by atoms with Crippen molar-refractivity contribution in [3.8, 4) is 22.6 Å². The van der Waals surface area contributed by atoms with Gasteiger partial charge >= 0.3 is 0 Å². The van der Waals surface area contributed by atoms with E-state index in [0.717, 1.165) is 63.2 Å². The van der Waals surface area contributed by atoms with Crippen molar-refractivity contribution >= 4 is 33.1 Å². The summed E-state index contributed by atoms with van der Waals surface area (Å²) in [6, 6.07) is 16.2. The van der Waals surface area contributed by atoms with Crippen molar-refractivity contribution in [1.82, 2.24) is 9.97 Å². The quantitative estimate of drug-likeness (QED) is 0.257. The third kappa shape index (κ3) is 5.19. The van der Waals surface area contributed by atoms with Crippen LogP contribution in [0.5, 0.6) is 11.5 Å². The first-order valence-corrected chi connectivity index (χ1v) is 12.0. The first-order valence-electron chi connectivity index (χ1n) is 11.1. The van der Waals surface area contributed by atoms with Crippen molar-refractivity contribution in [1.29, 1.82) is 0 Å². The van der Waals surface area contributed by atoms with E-state index in [-0.39, 0.29) is 0 Å². The number of ether oxygens (including phenoxy) is 2. The van der Waals surface area contributed by atoms with Crippen molar-refractivity contribution in [3.63, 3.8) is 0 Å². The van der Waals surface area contributed by atoms with E-state index in [0.29, 0.717) is 0 Å². The van der Waals surface area contributed by atoms with E-state index in [1.807, 2.05) is 43.3 Å². The van der Waals surface area contributed by atoms with E-state index in [1.54, 1.807) is 18.4 Å². The van der Waals surface area contributed by atoms with E-state index in [2.05, 4.69) is 34.7 Å². The molecule has 0 radical (unpaired) electrons. The summed E-state index contributed by atoms with van der Waals surface area (Å²) < 4.78 is 11.2. The number of nitrogens with zero attached hydrogens (tertiary/aromatic N) is 2. The van der Waals surface area contributed by atoms with Gasteiger partial charge in [0.05, 0.1) is 19.1 Å². The minimum Gasteiger partial charge on any atom is -0.497 e. The van der Waals surface area contributed by atoms with Gasteiger partial charge < -0.3 is 14.8 Å². The Balaban J connectivity index is 1.55. The fraction of sp³-hybridized carbons (Fsp3) is 0.308. The predicted molar refractivity (Wildman–Crippen MR) is 134 cm³/mol. The lowest BCUT2D eigenvalue weighted by Crippen LogP contribution is -1.99. The van der Waals surface area contributed by atoms with Crippen molar-refractivity contribution in [2.75, 3.05) is 19.0 Å². The molecule has 4 aromatic rings. The molecule has 0 saturated carbocycles. The zero-order valence-corrected chi connectivity index (χ0v) is 19.7. The number of aromatic nitrogens is 2. The van der Waals surface area contributed by atoms with Crippen LogP contribution in [-0.4, -0.2) is 23.7 Å². The van der Waals surface area contributed by atoms with Gasteiger partial charge in [-0.3, -0.25) is 0 Å². The standard InChI is InChI=1S/C26H29N3O2S/c1-4-5-6-7-16-31-22-14-10-20(11-15-22)29-25-24-23(17-32-26(24)28-18(2)27-25)19-8-12-21(30-3)13-9-19/h8-15,17H,4-7,16H2,1-3H3,(H,27,28,29). The molecule has 166 valence electrons. The fourth-order valence-corrected chi connectivity index (χ4v) is 4.60. The molecule has 0 saturated heterocycles. The largest absolute Gasteiger partial charge is 0.497 e. The summed E-state index contributed by atoms with van der Waals surface area (Å²) in [5.74, 6) is 3.29. The van der Waals surface area contributed by atoms with Crippen LogP contribution in [0.15, 0.2) is 53.9 Å². The Morgan fingerprint density at radius 2 is 1.66 bits per heavy atom. The lowest BCUT2D eigenvalue weighted by molar-refractivity contribution is 0.305. The highest BCUT2D eigenvalue weighted by Gasteiger charge is 2.15. The van der Waals surface area contributed by atoms with Crippen LogP contribution >= 0.6 is 11.3 Å². The summed E-state index contributed by atoms with van der Waals surface area (Å²) in [4.78, 5) is 10.3. The van der Waals surface area contributed by atoms with Crippen molar-refractivity contribution < 1.29 is 9.47 Å². The molecule has 0 unspecified atom stereocenters. The molecule has 0 aliphatic heterocycles. The molecule has 2 aromatic heterocycles. The lowest BCUT2D eigenvalue weighted by atomic mass is 10.1. The van der Waals surface area contributed by atoms with Crippen molar-refractivity contribution in [2.45, 2.75) is 39.5 Å². The van der Waals surface area contributed by atoms with Crippen LogP contribution in [0.1, 0.15) is 38.4 Å². The highest BCUT2D eigenvalue weighted by atomic mass is 32.1. The van der Waals surface area contributed by atoms with Gasteiger partial charge in [0.2, 0.25) is 0 Å². The summed E-state index contributed by atoms with van der Waals surface area (Å²) in [6.45, 7) is 4.90. The molecule has 0 aliphatic carbocycles. The Labute approximate surface area is 193 Å². The number of unbranched alkanes of at least 4 members (excludes halogenated alkanes) is 3. The maximum absolute atomic E-state index is 5.87. The van der Waals surface area contributed by atoms with E-state index in [9.17, 15) is 0 Å². The second-order valence-corrected chi connectivity index (χ2v) is 8.59. The van der Waals surface area contributed by atoms with E-state index in [4.69, 9.17) is 14.5 Å². The average Bonchev–Trinajstić information content (AvgIpc) is 3.24. The SMILES string of the molecule is CCCCCCOc1ccc(Nc2nc(C)nc3scc(-c4ccc(OC)cc4)c23)cc1. The van der Waals surface area contributed by atoms with Gasteiger partial charge in [0.25, 0.3) is 0 Å². The van der Waals surface area contributed by atoms with Crippen LogP contribution in [0.3, 0.4) is 0 Å². The molecule has 0 bridgehead atoms. The molecule has 0 aliphatic rings. The highest BCUT2D eigenvalue weighted by molar-refractivity contribution is 7.17. The molecule has 5 nitrogen and oxygen atoms in total. The zero-order valence-electron chi connectivity index (χ0n) is 18.9. The van der Waals surface area contributed by atoms with Crippen LogP contribution in [0.2, 0.25) is 0 Å². The smallest absolute Gasteiger partial charge is 0.143 e. The number of thiophene rings is 1. The molecule has 2 aromatic carbocycles. The molecule has 0 atom stereocenters. The number of hydrogen-bond acceptors (Lipinski definition) is 6. The first-order chi connectivity index (χ1) is 15.7. The van der Waals surface area contributed by atoms with Gasteiger partial charge in [0.15, 0.2) is 0 Å². The van der Waals surface area contributed by atoms with Gasteiger partial charge in [0, 0.05) is 16.6 Å². The number of benzene rings is 2. The normalized spacial score (nSPS) is 11.0. The van der Waals surface area contributed by atoms with Gasteiger partial charge in [0.1, 0.15) is 28.0 Å². The van der Waals surface area contributed by atoms with Crippen molar-refractivity contribution in [3.05, 3.63) is 59.7 Å². The van der Waals surface area contributed by atoms with Gasteiger partial charge in [-0.15, -0.1) is 11.3 Å². The Hall–Kier alpha value is -3.12. The Kier molecular flexibility index (Phi) is 7.22. The summed E-state index contributed by atoms with van der Waals surface area (Å²) in [7, 11) is 1.68. The second-order valence-electron chi connectivity index (χ2n) is 7.74.